The van der Waals surface area contributed by atoms with Gasteiger partial charge in [0.1, 0.15) is 25.0 Å². The molecule has 0 radical (unpaired) electrons. The van der Waals surface area contributed by atoms with E-state index < -0.39 is 12.0 Å². The molecule has 5 nitrogen and oxygen atoms in total. The Morgan fingerprint density at radius 3 is 2.50 bits per heavy atom. The lowest BCUT2D eigenvalue weighted by atomic mass is 10.2. The van der Waals surface area contributed by atoms with E-state index in [1.54, 1.807) is 0 Å². The van der Waals surface area contributed by atoms with Gasteiger partial charge in [0, 0.05) is 6.42 Å². The van der Waals surface area contributed by atoms with Gasteiger partial charge >= 0.3 is 5.97 Å². The quantitative estimate of drug-likeness (QED) is 0.663. The first-order valence-corrected chi connectivity index (χ1v) is 5.89. The number of carbonyl (C=O) groups excluding carboxylic acids is 2. The summed E-state index contributed by atoms with van der Waals surface area (Å²) in [6, 6.07) is 8.81. The molecule has 0 saturated carbocycles. The standard InChI is InChI=1S/C13H15NO4.2CH4/c15-12-7-6-11(14-12)13(16)18-9-8-17-10-4-2-1-3-5-10;;/h1-5,11H,6-9H2,(H,14,15);2*1H4. The van der Waals surface area contributed by atoms with Crippen LogP contribution in [0.2, 0.25) is 0 Å². The molecule has 112 valence electrons. The Labute approximate surface area is 120 Å². The Balaban J connectivity index is 0.00000180. The van der Waals surface area contributed by atoms with E-state index in [4.69, 9.17) is 9.47 Å². The van der Waals surface area contributed by atoms with Crippen LogP contribution in [0.3, 0.4) is 0 Å². The number of hydrogen-bond acceptors (Lipinski definition) is 4. The molecular formula is C15H23NO4. The molecule has 1 unspecified atom stereocenters. The highest BCUT2D eigenvalue weighted by atomic mass is 16.6. The molecule has 1 N–H and O–H groups in total. The predicted octanol–water partition coefficient (Wildman–Crippen LogP) is 2.16. The van der Waals surface area contributed by atoms with Gasteiger partial charge in [0.2, 0.25) is 5.91 Å². The van der Waals surface area contributed by atoms with Gasteiger partial charge < -0.3 is 14.8 Å². The van der Waals surface area contributed by atoms with Crippen LogP contribution < -0.4 is 10.1 Å². The Bertz CT molecular complexity index is 419. The van der Waals surface area contributed by atoms with Crippen molar-refractivity contribution in [3.63, 3.8) is 0 Å². The van der Waals surface area contributed by atoms with Gasteiger partial charge in [-0.05, 0) is 18.6 Å². The molecule has 1 aromatic rings. The topological polar surface area (TPSA) is 64.6 Å². The summed E-state index contributed by atoms with van der Waals surface area (Å²) in [5.74, 6) is 0.248. The van der Waals surface area contributed by atoms with Crippen molar-refractivity contribution in [2.75, 3.05) is 13.2 Å². The van der Waals surface area contributed by atoms with Crippen LogP contribution in [0.25, 0.3) is 0 Å². The summed E-state index contributed by atoms with van der Waals surface area (Å²) < 4.78 is 10.4. The molecule has 0 bridgehead atoms. The summed E-state index contributed by atoms with van der Waals surface area (Å²) in [6.07, 6.45) is 0.900. The fraction of sp³-hybridized carbons (Fsp3) is 0.467. The molecule has 1 heterocycles. The molecule has 1 aliphatic rings. The summed E-state index contributed by atoms with van der Waals surface area (Å²) in [4.78, 5) is 22.4. The van der Waals surface area contributed by atoms with Crippen molar-refractivity contribution in [2.45, 2.75) is 33.7 Å². The normalized spacial score (nSPS) is 16.4. The molecule has 1 aromatic carbocycles. The molecule has 1 aliphatic heterocycles. The molecule has 5 heteroatoms. The monoisotopic (exact) mass is 281 g/mol. The van der Waals surface area contributed by atoms with Gasteiger partial charge in [-0.25, -0.2) is 4.79 Å². The van der Waals surface area contributed by atoms with Crippen LogP contribution in [0.15, 0.2) is 30.3 Å². The maximum atomic E-state index is 11.5. The average molecular weight is 281 g/mol. The molecule has 1 saturated heterocycles. The lowest BCUT2D eigenvalue weighted by molar-refractivity contribution is -0.147. The molecule has 2 rings (SSSR count). The van der Waals surface area contributed by atoms with Gasteiger partial charge in [0.15, 0.2) is 0 Å². The maximum Gasteiger partial charge on any atom is 0.328 e. The van der Waals surface area contributed by atoms with Crippen LogP contribution in [-0.4, -0.2) is 31.1 Å². The summed E-state index contributed by atoms with van der Waals surface area (Å²) in [7, 11) is 0. The molecule has 0 spiro atoms. The minimum atomic E-state index is -0.491. The first-order valence-electron chi connectivity index (χ1n) is 5.89. The number of rotatable bonds is 5. The van der Waals surface area contributed by atoms with Gasteiger partial charge in [-0.3, -0.25) is 4.79 Å². The summed E-state index contributed by atoms with van der Waals surface area (Å²) in [5, 5.41) is 2.56. The van der Waals surface area contributed by atoms with Crippen LogP contribution in [0.4, 0.5) is 0 Å². The molecule has 0 aliphatic carbocycles. The van der Waals surface area contributed by atoms with Crippen molar-refractivity contribution in [2.24, 2.45) is 0 Å². The second kappa shape index (κ2) is 8.96. The van der Waals surface area contributed by atoms with E-state index in [2.05, 4.69) is 5.32 Å². The minimum absolute atomic E-state index is 0. The highest BCUT2D eigenvalue weighted by Gasteiger charge is 2.28. The van der Waals surface area contributed by atoms with E-state index in [0.717, 1.165) is 5.75 Å². The average Bonchev–Trinajstić information content (AvgIpc) is 2.82. The highest BCUT2D eigenvalue weighted by molar-refractivity contribution is 5.87. The number of hydrogen-bond donors (Lipinski definition) is 1. The third kappa shape index (κ3) is 5.30. The van der Waals surface area contributed by atoms with Crippen molar-refractivity contribution in [1.29, 1.82) is 0 Å². The zero-order valence-corrected chi connectivity index (χ0v) is 9.93. The molecule has 1 fully saturated rings. The fourth-order valence-corrected chi connectivity index (χ4v) is 1.71. The van der Waals surface area contributed by atoms with E-state index in [1.807, 2.05) is 30.3 Å². The predicted molar refractivity (Wildman–Crippen MR) is 77.5 cm³/mol. The number of para-hydroxylation sites is 1. The van der Waals surface area contributed by atoms with Crippen molar-refractivity contribution in [1.82, 2.24) is 5.32 Å². The summed E-state index contributed by atoms with van der Waals surface area (Å²) >= 11 is 0. The van der Waals surface area contributed by atoms with E-state index in [-0.39, 0.29) is 27.4 Å². The second-order valence-electron chi connectivity index (χ2n) is 3.99. The molecular weight excluding hydrogens is 258 g/mol. The number of nitrogens with one attached hydrogen (secondary N) is 1. The van der Waals surface area contributed by atoms with Crippen LogP contribution in [-0.2, 0) is 14.3 Å². The highest BCUT2D eigenvalue weighted by Crippen LogP contribution is 2.09. The van der Waals surface area contributed by atoms with Gasteiger partial charge in [-0.2, -0.15) is 0 Å². The zero-order valence-electron chi connectivity index (χ0n) is 9.93. The van der Waals surface area contributed by atoms with Crippen LogP contribution in [0.5, 0.6) is 5.75 Å². The Morgan fingerprint density at radius 2 is 1.90 bits per heavy atom. The zero-order chi connectivity index (χ0) is 12.8. The lowest BCUT2D eigenvalue weighted by Gasteiger charge is -2.10. The number of ether oxygens (including phenoxy) is 2. The number of esters is 1. The smallest absolute Gasteiger partial charge is 0.328 e. The Kier molecular flexibility index (Phi) is 8.04. The van der Waals surface area contributed by atoms with Crippen LogP contribution >= 0.6 is 0 Å². The van der Waals surface area contributed by atoms with Crippen molar-refractivity contribution in [3.8, 4) is 5.75 Å². The van der Waals surface area contributed by atoms with Crippen LogP contribution in [0, 0.1) is 0 Å². The number of carbonyl (C=O) groups is 2. The largest absolute Gasteiger partial charge is 0.490 e. The van der Waals surface area contributed by atoms with E-state index in [1.165, 1.54) is 0 Å². The van der Waals surface area contributed by atoms with Crippen molar-refractivity contribution < 1.29 is 19.1 Å². The summed E-state index contributed by atoms with van der Waals surface area (Å²) in [6.45, 7) is 0.483. The van der Waals surface area contributed by atoms with Gasteiger partial charge in [-0.1, -0.05) is 33.1 Å². The summed E-state index contributed by atoms with van der Waals surface area (Å²) in [5.41, 5.74) is 0. The third-order valence-corrected chi connectivity index (χ3v) is 2.62. The molecule has 1 amide bonds. The Morgan fingerprint density at radius 1 is 1.20 bits per heavy atom. The third-order valence-electron chi connectivity index (χ3n) is 2.62. The van der Waals surface area contributed by atoms with E-state index in [9.17, 15) is 9.59 Å². The SMILES string of the molecule is C.C.O=C1CCC(C(=O)OCCOc2ccccc2)N1. The molecule has 1 atom stereocenters. The first kappa shape index (κ1) is 18.0. The van der Waals surface area contributed by atoms with Gasteiger partial charge in [0.25, 0.3) is 0 Å². The van der Waals surface area contributed by atoms with Gasteiger partial charge in [0.05, 0.1) is 0 Å². The molecule has 0 aromatic heterocycles. The first-order chi connectivity index (χ1) is 8.75. The lowest BCUT2D eigenvalue weighted by Crippen LogP contribution is -2.35. The second-order valence-corrected chi connectivity index (χ2v) is 3.99. The number of benzene rings is 1. The fourth-order valence-electron chi connectivity index (χ4n) is 1.71. The molecule has 20 heavy (non-hydrogen) atoms. The van der Waals surface area contributed by atoms with Crippen LogP contribution in [0.1, 0.15) is 27.7 Å². The number of amides is 1. The Hall–Kier alpha value is -2.04. The van der Waals surface area contributed by atoms with Crippen molar-refractivity contribution in [3.05, 3.63) is 30.3 Å². The van der Waals surface area contributed by atoms with Crippen molar-refractivity contribution >= 4 is 11.9 Å². The van der Waals surface area contributed by atoms with E-state index in [0.29, 0.717) is 19.4 Å². The maximum absolute atomic E-state index is 11.5. The van der Waals surface area contributed by atoms with E-state index >= 15 is 0 Å². The minimum Gasteiger partial charge on any atom is -0.490 e. The van der Waals surface area contributed by atoms with Gasteiger partial charge in [-0.15, -0.1) is 0 Å².